The Balaban J connectivity index is 4.38. The van der Waals surface area contributed by atoms with Gasteiger partial charge < -0.3 is 14.2 Å². The van der Waals surface area contributed by atoms with Crippen molar-refractivity contribution < 1.29 is 28.6 Å². The molecule has 0 saturated heterocycles. The molecule has 79 heavy (non-hydrogen) atoms. The molecule has 6 nitrogen and oxygen atoms in total. The zero-order valence-electron chi connectivity index (χ0n) is 51.9. The number of rotatable bonds is 60. The van der Waals surface area contributed by atoms with Crippen LogP contribution in [0, 0.1) is 0 Å². The molecule has 0 aromatic carbocycles. The Morgan fingerprint density at radius 1 is 0.266 bits per heavy atom. The Bertz CT molecular complexity index is 1590. The molecular formula is C73H124O6. The molecule has 0 N–H and O–H groups in total. The van der Waals surface area contributed by atoms with Gasteiger partial charge in [-0.25, -0.2) is 0 Å². The third-order valence-electron chi connectivity index (χ3n) is 14.3. The predicted molar refractivity (Wildman–Crippen MR) is 343 cm³/mol. The predicted octanol–water partition coefficient (Wildman–Crippen LogP) is 23.0. The lowest BCUT2D eigenvalue weighted by Gasteiger charge is -2.18. The highest BCUT2D eigenvalue weighted by Crippen LogP contribution is 2.16. The summed E-state index contributed by atoms with van der Waals surface area (Å²) in [5.41, 5.74) is 0. The van der Waals surface area contributed by atoms with E-state index in [1.807, 2.05) is 0 Å². The van der Waals surface area contributed by atoms with Gasteiger partial charge in [-0.15, -0.1) is 0 Å². The molecule has 0 heterocycles. The SMILES string of the molecule is CC/C=C\C/C=C\C/C=C\C/C=C\C/C=C\C/C=C\C/C=C\C/C=C\CCCCCCC(=O)OCC(COC(=O)CCCCCCC/C=C\CCCCCCC)OC(=O)CCCCCCCCCCCCCCCCCCCC. The molecule has 0 aliphatic rings. The summed E-state index contributed by atoms with van der Waals surface area (Å²) in [6, 6.07) is 0. The molecule has 0 rings (SSSR count). The molecule has 0 aromatic rings. The molecule has 0 amide bonds. The summed E-state index contributed by atoms with van der Waals surface area (Å²) in [5, 5.41) is 0. The van der Waals surface area contributed by atoms with Crippen LogP contribution in [0.1, 0.15) is 316 Å². The van der Waals surface area contributed by atoms with Gasteiger partial charge in [0, 0.05) is 19.3 Å². The summed E-state index contributed by atoms with van der Waals surface area (Å²) in [4.78, 5) is 38.3. The van der Waals surface area contributed by atoms with Gasteiger partial charge in [0.2, 0.25) is 0 Å². The van der Waals surface area contributed by atoms with Crippen LogP contribution in [0.15, 0.2) is 109 Å². The maximum Gasteiger partial charge on any atom is 0.306 e. The van der Waals surface area contributed by atoms with Crippen LogP contribution in [-0.4, -0.2) is 37.2 Å². The Labute approximate surface area is 489 Å². The third kappa shape index (κ3) is 64.8. The van der Waals surface area contributed by atoms with E-state index in [0.717, 1.165) is 128 Å². The van der Waals surface area contributed by atoms with Crippen molar-refractivity contribution in [1.82, 2.24) is 0 Å². The average molecular weight is 1100 g/mol. The van der Waals surface area contributed by atoms with E-state index in [0.29, 0.717) is 19.3 Å². The largest absolute Gasteiger partial charge is 0.462 e. The Morgan fingerprint density at radius 2 is 0.494 bits per heavy atom. The minimum atomic E-state index is -0.793. The lowest BCUT2D eigenvalue weighted by Crippen LogP contribution is -2.30. The maximum absolute atomic E-state index is 12.9. The standard InChI is InChI=1S/C73H124O6/c1-4-7-10-13-16-19-22-25-28-30-32-33-34-35-36-37-38-39-40-41-42-44-45-48-51-54-57-60-63-66-72(75)78-69-70(68-77-71(74)65-62-59-56-53-50-47-27-24-21-18-15-12-9-6-3)79-73(76)67-64-61-58-55-52-49-46-43-31-29-26-23-20-17-14-11-8-5-2/h7,10,16,19,24-25,27-28,32-33,35-36,38-39,41-42,45,48,70H,4-6,8-9,11-15,17-18,20-23,26,29-31,34,37,40,43-44,46-47,49-69H2,1-3H3/b10-7-,19-16-,27-24-,28-25-,33-32-,36-35-,39-38-,42-41-,48-45-. The quantitative estimate of drug-likeness (QED) is 0.0261. The monoisotopic (exact) mass is 1100 g/mol. The Morgan fingerprint density at radius 3 is 0.785 bits per heavy atom. The van der Waals surface area contributed by atoms with Crippen molar-refractivity contribution in [1.29, 1.82) is 0 Å². The molecule has 0 aliphatic heterocycles. The highest BCUT2D eigenvalue weighted by Gasteiger charge is 2.19. The van der Waals surface area contributed by atoms with Crippen molar-refractivity contribution >= 4 is 17.9 Å². The molecule has 0 spiro atoms. The number of esters is 3. The summed E-state index contributed by atoms with van der Waals surface area (Å²) >= 11 is 0. The third-order valence-corrected chi connectivity index (χ3v) is 14.3. The van der Waals surface area contributed by atoms with Gasteiger partial charge in [-0.2, -0.15) is 0 Å². The molecule has 6 heteroatoms. The van der Waals surface area contributed by atoms with Crippen molar-refractivity contribution in [2.75, 3.05) is 13.2 Å². The molecule has 452 valence electrons. The van der Waals surface area contributed by atoms with Crippen LogP contribution in [0.3, 0.4) is 0 Å². The second-order valence-electron chi connectivity index (χ2n) is 22.0. The van der Waals surface area contributed by atoms with Gasteiger partial charge in [-0.1, -0.05) is 297 Å². The number of unbranched alkanes of at least 4 members (excludes halogenated alkanes) is 31. The Hall–Kier alpha value is -3.93. The first-order chi connectivity index (χ1) is 39.0. The van der Waals surface area contributed by atoms with Crippen molar-refractivity contribution in [2.45, 2.75) is 322 Å². The van der Waals surface area contributed by atoms with Crippen molar-refractivity contribution in [3.05, 3.63) is 109 Å². The number of carbonyl (C=O) groups is 3. The van der Waals surface area contributed by atoms with Crippen LogP contribution in [0.4, 0.5) is 0 Å². The molecule has 0 bridgehead atoms. The smallest absolute Gasteiger partial charge is 0.306 e. The van der Waals surface area contributed by atoms with Gasteiger partial charge in [0.05, 0.1) is 0 Å². The molecule has 0 aromatic heterocycles. The topological polar surface area (TPSA) is 78.9 Å². The summed E-state index contributed by atoms with van der Waals surface area (Å²) in [6.07, 6.45) is 91.0. The highest BCUT2D eigenvalue weighted by atomic mass is 16.6. The van der Waals surface area contributed by atoms with Gasteiger partial charge in [-0.05, 0) is 109 Å². The number of hydrogen-bond donors (Lipinski definition) is 0. The van der Waals surface area contributed by atoms with E-state index in [9.17, 15) is 14.4 Å². The zero-order valence-corrected chi connectivity index (χ0v) is 51.9. The van der Waals surface area contributed by atoms with E-state index in [-0.39, 0.29) is 31.1 Å². The van der Waals surface area contributed by atoms with Crippen LogP contribution in [0.2, 0.25) is 0 Å². The summed E-state index contributed by atoms with van der Waals surface area (Å²) in [6.45, 7) is 6.52. The van der Waals surface area contributed by atoms with Gasteiger partial charge in [0.15, 0.2) is 6.10 Å². The van der Waals surface area contributed by atoms with Crippen LogP contribution >= 0.6 is 0 Å². The van der Waals surface area contributed by atoms with Crippen molar-refractivity contribution in [3.8, 4) is 0 Å². The Kier molecular flexibility index (Phi) is 63.3. The highest BCUT2D eigenvalue weighted by molar-refractivity contribution is 5.71. The van der Waals surface area contributed by atoms with Gasteiger partial charge in [-0.3, -0.25) is 14.4 Å². The summed E-state index contributed by atoms with van der Waals surface area (Å²) < 4.78 is 16.9. The zero-order chi connectivity index (χ0) is 57.1. The number of hydrogen-bond acceptors (Lipinski definition) is 6. The van der Waals surface area contributed by atoms with Crippen LogP contribution < -0.4 is 0 Å². The first-order valence-electron chi connectivity index (χ1n) is 33.4. The van der Waals surface area contributed by atoms with Gasteiger partial charge >= 0.3 is 17.9 Å². The molecule has 1 unspecified atom stereocenters. The van der Waals surface area contributed by atoms with Crippen LogP contribution in [-0.2, 0) is 28.6 Å². The molecule has 0 radical (unpaired) electrons. The molecule has 0 saturated carbocycles. The molecule has 0 aliphatic carbocycles. The van der Waals surface area contributed by atoms with Crippen LogP contribution in [0.25, 0.3) is 0 Å². The molecule has 1 atom stereocenters. The maximum atomic E-state index is 12.9. The first kappa shape index (κ1) is 75.1. The number of ether oxygens (including phenoxy) is 3. The van der Waals surface area contributed by atoms with E-state index >= 15 is 0 Å². The number of carbonyl (C=O) groups excluding carboxylic acids is 3. The lowest BCUT2D eigenvalue weighted by atomic mass is 10.0. The lowest BCUT2D eigenvalue weighted by molar-refractivity contribution is -0.167. The average Bonchev–Trinajstić information content (AvgIpc) is 3.45. The second-order valence-corrected chi connectivity index (χ2v) is 22.0. The number of allylic oxidation sites excluding steroid dienone is 18. The minimum absolute atomic E-state index is 0.0886. The van der Waals surface area contributed by atoms with E-state index in [1.165, 1.54) is 148 Å². The first-order valence-corrected chi connectivity index (χ1v) is 33.4. The van der Waals surface area contributed by atoms with Crippen molar-refractivity contribution in [3.63, 3.8) is 0 Å². The van der Waals surface area contributed by atoms with E-state index in [1.54, 1.807) is 0 Å². The summed E-state index contributed by atoms with van der Waals surface area (Å²) in [7, 11) is 0. The molecule has 0 fully saturated rings. The second kappa shape index (κ2) is 66.6. The fraction of sp³-hybridized carbons (Fsp3) is 0.712. The molecular weight excluding hydrogens is 973 g/mol. The van der Waals surface area contributed by atoms with Gasteiger partial charge in [0.25, 0.3) is 0 Å². The van der Waals surface area contributed by atoms with E-state index in [4.69, 9.17) is 14.2 Å². The van der Waals surface area contributed by atoms with Crippen LogP contribution in [0.5, 0.6) is 0 Å². The minimum Gasteiger partial charge on any atom is -0.462 e. The normalized spacial score (nSPS) is 12.8. The summed E-state index contributed by atoms with van der Waals surface area (Å²) in [5.74, 6) is -0.910. The van der Waals surface area contributed by atoms with E-state index in [2.05, 4.69) is 130 Å². The van der Waals surface area contributed by atoms with Gasteiger partial charge in [0.1, 0.15) is 13.2 Å². The van der Waals surface area contributed by atoms with E-state index < -0.39 is 6.10 Å². The van der Waals surface area contributed by atoms with Crippen molar-refractivity contribution in [2.24, 2.45) is 0 Å². The fourth-order valence-electron chi connectivity index (χ4n) is 9.28. The fourth-order valence-corrected chi connectivity index (χ4v) is 9.28.